The zero-order valence-corrected chi connectivity index (χ0v) is 35.0. The molecule has 60 heavy (non-hydrogen) atoms. The first-order valence-corrected chi connectivity index (χ1v) is 20.3. The molecule has 0 amide bonds. The number of nitrogens with zero attached hydrogens (tertiary/aromatic N) is 6. The molecular weight excluding hydrogens is 824 g/mol. The number of halogens is 5. The Morgan fingerprint density at radius 2 is 1.80 bits per heavy atom. The molecule has 2 atom stereocenters. The van der Waals surface area contributed by atoms with E-state index in [9.17, 15) is 27.5 Å². The Labute approximate surface area is 354 Å². The Balaban J connectivity index is 1.23. The monoisotopic (exact) mass is 864 g/mol. The van der Waals surface area contributed by atoms with E-state index < -0.39 is 42.0 Å². The zero-order valence-electron chi connectivity index (χ0n) is 33.4. The molecule has 1 aliphatic rings. The van der Waals surface area contributed by atoms with E-state index in [0.717, 1.165) is 37.4 Å². The molecule has 7 rings (SSSR count). The van der Waals surface area contributed by atoms with Gasteiger partial charge < -0.3 is 28.6 Å². The molecule has 2 aromatic carbocycles. The largest absolute Gasteiger partial charge is 0.499 e. The normalized spacial score (nSPS) is 15.2. The van der Waals surface area contributed by atoms with Crippen molar-refractivity contribution in [1.82, 2.24) is 29.5 Å². The summed E-state index contributed by atoms with van der Waals surface area (Å²) in [7, 11) is 6.94. The molecule has 0 aliphatic carbocycles. The molecule has 0 radical (unpaired) electrons. The number of carbonyl (C=O) groups is 1. The molecule has 12 nitrogen and oxygen atoms in total. The van der Waals surface area contributed by atoms with Crippen molar-refractivity contribution in [3.63, 3.8) is 0 Å². The van der Waals surface area contributed by atoms with Crippen LogP contribution in [0, 0.1) is 12.9 Å². The molecule has 312 valence electrons. The number of para-hydroxylation sites is 1. The molecule has 0 bridgehead atoms. The maximum Gasteiger partial charge on any atom is 0.408 e. The number of thiophene rings is 1. The molecule has 0 saturated carbocycles. The van der Waals surface area contributed by atoms with Crippen LogP contribution in [0.15, 0.2) is 71.5 Å². The van der Waals surface area contributed by atoms with Crippen LogP contribution in [0.4, 0.5) is 17.6 Å². The van der Waals surface area contributed by atoms with Crippen molar-refractivity contribution < 1.29 is 46.1 Å². The molecule has 6 aromatic rings. The van der Waals surface area contributed by atoms with Crippen molar-refractivity contribution in [2.75, 3.05) is 46.4 Å². The third-order valence-corrected chi connectivity index (χ3v) is 12.1. The summed E-state index contributed by atoms with van der Waals surface area (Å²) >= 11 is 8.16. The molecule has 1 N–H and O–H groups in total. The lowest BCUT2D eigenvalue weighted by Crippen LogP contribution is -2.45. The second-order valence-electron chi connectivity index (χ2n) is 15.1. The predicted molar refractivity (Wildman–Crippen MR) is 227 cm³/mol. The lowest BCUT2D eigenvalue weighted by atomic mass is 9.63. The van der Waals surface area contributed by atoms with Gasteiger partial charge in [-0.2, -0.15) is 22.7 Å². The van der Waals surface area contributed by atoms with Crippen molar-refractivity contribution in [3.05, 3.63) is 95.0 Å². The van der Waals surface area contributed by atoms with E-state index in [-0.39, 0.29) is 23.1 Å². The number of piperazine rings is 1. The van der Waals surface area contributed by atoms with Gasteiger partial charge in [0.1, 0.15) is 49.4 Å². The van der Waals surface area contributed by atoms with Gasteiger partial charge >= 0.3 is 12.1 Å². The second kappa shape index (κ2) is 17.5. The first-order valence-electron chi connectivity index (χ1n) is 19.1. The van der Waals surface area contributed by atoms with Crippen molar-refractivity contribution >= 4 is 62.7 Å². The molecule has 5 heterocycles. The molecule has 1 aliphatic heterocycles. The van der Waals surface area contributed by atoms with E-state index >= 15 is 0 Å². The van der Waals surface area contributed by atoms with Crippen LogP contribution in [-0.4, -0.2) is 123 Å². The minimum absolute atomic E-state index is 0.0680. The third kappa shape index (κ3) is 9.31. The maximum atomic E-state index is 14.4. The summed E-state index contributed by atoms with van der Waals surface area (Å²) in [5.41, 5.74) is 2.30. The Morgan fingerprint density at radius 1 is 1.05 bits per heavy atom. The Morgan fingerprint density at radius 3 is 2.50 bits per heavy atom. The van der Waals surface area contributed by atoms with Crippen LogP contribution >= 0.6 is 22.9 Å². The smallest absolute Gasteiger partial charge is 0.408 e. The molecule has 21 heteroatoms. The van der Waals surface area contributed by atoms with Crippen LogP contribution in [0.3, 0.4) is 0 Å². The number of carboxylic acids is 1. The van der Waals surface area contributed by atoms with E-state index in [1.165, 1.54) is 42.1 Å². The van der Waals surface area contributed by atoms with Crippen LogP contribution in [0.1, 0.15) is 22.6 Å². The van der Waals surface area contributed by atoms with Crippen molar-refractivity contribution in [1.29, 1.82) is 0 Å². The highest BCUT2D eigenvalue weighted by Gasteiger charge is 2.37. The number of rotatable bonds is 15. The van der Waals surface area contributed by atoms with E-state index in [1.807, 2.05) is 13.0 Å². The zero-order chi connectivity index (χ0) is 42.9. The summed E-state index contributed by atoms with van der Waals surface area (Å²) in [4.78, 5) is 27.5. The quantitative estimate of drug-likeness (QED) is 0.113. The molecule has 1 fully saturated rings. The first kappa shape index (κ1) is 43.1. The van der Waals surface area contributed by atoms with Gasteiger partial charge in [0.25, 0.3) is 6.01 Å². The fraction of sp³-hybridized carbons (Fsp3) is 0.333. The first-order chi connectivity index (χ1) is 28.5. The number of aromatic nitrogens is 4. The molecule has 0 spiro atoms. The Kier molecular flexibility index (Phi) is 12.6. The lowest BCUT2D eigenvalue weighted by Gasteiger charge is -2.32. The van der Waals surface area contributed by atoms with E-state index in [0.29, 0.717) is 54.7 Å². The maximum absolute atomic E-state index is 14.4. The van der Waals surface area contributed by atoms with Gasteiger partial charge in [0.05, 0.1) is 26.4 Å². The van der Waals surface area contributed by atoms with Gasteiger partial charge in [-0.05, 0) is 54.9 Å². The standard InChI is InChI=1S/C39H40B3ClF4N6O6S/c1-21-22(7-8-25(32(21)43)56-18-17-52-15-13-51(2)14-16-52)29-30-35(48-20-49-36(30)60-34(29)26-9-10-28(44)57-26)58-33(37(54)55)31(40)23-5-3-4-6-24(23)59-39(41,42)27-11-12-50-53(27)19-38(45,46)47/h3-12,20,31,33H,13-19,40-42H2,1-2H3,(H,54,55). The fourth-order valence-corrected chi connectivity index (χ4v) is 8.66. The number of alkyl halides is 3. The molecule has 4 aromatic heterocycles. The van der Waals surface area contributed by atoms with Gasteiger partial charge in [0.2, 0.25) is 5.88 Å². The number of fused-ring (bicyclic) bond motifs is 1. The number of ether oxygens (including phenoxy) is 3. The molecule has 1 saturated heterocycles. The Hall–Kier alpha value is -5.04. The minimum atomic E-state index is -4.52. The highest BCUT2D eigenvalue weighted by atomic mass is 35.5. The van der Waals surface area contributed by atoms with Crippen LogP contribution in [0.25, 0.3) is 32.0 Å². The number of benzene rings is 2. The Bertz CT molecular complexity index is 2500. The number of hydrogen-bond acceptors (Lipinski definition) is 11. The van der Waals surface area contributed by atoms with Crippen molar-refractivity contribution in [2.24, 2.45) is 0 Å². The van der Waals surface area contributed by atoms with Crippen molar-refractivity contribution in [3.8, 4) is 39.1 Å². The lowest BCUT2D eigenvalue weighted by molar-refractivity contribution is -0.145. The van der Waals surface area contributed by atoms with Gasteiger partial charge in [-0.1, -0.05) is 35.9 Å². The minimum Gasteiger partial charge on any atom is -0.499 e. The van der Waals surface area contributed by atoms with E-state index in [2.05, 4.69) is 31.9 Å². The number of likely N-dealkylation sites (N-methyl/N-ethyl adjacent to an activating group) is 1. The fourth-order valence-electron chi connectivity index (χ4n) is 7.33. The van der Waals surface area contributed by atoms with Gasteiger partial charge in [0.15, 0.2) is 21.8 Å². The number of aliphatic carboxylic acids is 1. The van der Waals surface area contributed by atoms with Gasteiger partial charge in [-0.25, -0.2) is 14.8 Å². The molecular formula is C39H40B3ClF4N6O6S. The van der Waals surface area contributed by atoms with E-state index in [4.69, 9.17) is 30.2 Å². The van der Waals surface area contributed by atoms with Gasteiger partial charge in [-0.15, -0.1) is 11.3 Å². The van der Waals surface area contributed by atoms with Crippen LogP contribution in [0.5, 0.6) is 17.4 Å². The topological polar surface area (TPSA) is 128 Å². The number of furan rings is 1. The van der Waals surface area contributed by atoms with Gasteiger partial charge in [0, 0.05) is 56.4 Å². The summed E-state index contributed by atoms with van der Waals surface area (Å²) < 4.78 is 79.7. The number of carboxylic acid groups (broad SMARTS) is 1. The third-order valence-electron chi connectivity index (χ3n) is 10.5. The average molecular weight is 865 g/mol. The number of hydrogen-bond donors (Lipinski definition) is 1. The van der Waals surface area contributed by atoms with E-state index in [1.54, 1.807) is 53.9 Å². The van der Waals surface area contributed by atoms with Crippen LogP contribution in [-0.2, 0) is 16.7 Å². The summed E-state index contributed by atoms with van der Waals surface area (Å²) in [6, 6.07) is 13.5. The summed E-state index contributed by atoms with van der Waals surface area (Å²) in [5, 5.41) is 13.9. The summed E-state index contributed by atoms with van der Waals surface area (Å²) in [5.74, 6) is -1.38. The molecule has 2 unspecified atom stereocenters. The summed E-state index contributed by atoms with van der Waals surface area (Å²) in [6.07, 6.45) is -3.58. The second-order valence-corrected chi connectivity index (χ2v) is 16.5. The van der Waals surface area contributed by atoms with Crippen LogP contribution < -0.4 is 14.2 Å². The highest BCUT2D eigenvalue weighted by Crippen LogP contribution is 2.50. The van der Waals surface area contributed by atoms with Gasteiger partial charge in [-0.3, -0.25) is 9.58 Å². The summed E-state index contributed by atoms with van der Waals surface area (Å²) in [6.45, 7) is 5.52. The highest BCUT2D eigenvalue weighted by molar-refractivity contribution is 7.22. The van der Waals surface area contributed by atoms with Crippen LogP contribution in [0.2, 0.25) is 5.02 Å². The predicted octanol–water partition coefficient (Wildman–Crippen LogP) is 4.77. The average Bonchev–Trinajstić information content (AvgIpc) is 3.94. The van der Waals surface area contributed by atoms with Crippen molar-refractivity contribution in [2.45, 2.75) is 37.0 Å². The SMILES string of the molecule is BC(c1ccccc1OC(B)(B)c1ccnn1CC(F)(F)F)C(Oc1ncnc2sc(-c3ccc(F)o3)c(-c3ccc(OCCN4CCN(C)CC4)c(Cl)c3C)c12)C(=O)O.